The molecule has 2 aromatic rings. The molecule has 2 N–H and O–H groups in total. The average molecular weight is 339 g/mol. The summed E-state index contributed by atoms with van der Waals surface area (Å²) in [5, 5.41) is 11.9. The van der Waals surface area contributed by atoms with Crippen molar-refractivity contribution in [1.29, 1.82) is 5.26 Å². The minimum Gasteiger partial charge on any atom is -0.492 e. The standard InChI is InChI=1S/C19H21N3O3/c1-4-25-17-8-6-5-7-16(17)22-18(23)10-9-14-12(2)15(11-20)19(24)21-13(14)3/h5-8H,4,9-10H2,1-3H3,(H,21,24)(H,22,23). The van der Waals surface area contributed by atoms with Crippen molar-refractivity contribution in [3.8, 4) is 11.8 Å². The van der Waals surface area contributed by atoms with Crippen LogP contribution in [0.2, 0.25) is 0 Å². The van der Waals surface area contributed by atoms with Gasteiger partial charge in [0.2, 0.25) is 5.91 Å². The van der Waals surface area contributed by atoms with Crippen molar-refractivity contribution in [2.45, 2.75) is 33.6 Å². The van der Waals surface area contributed by atoms with E-state index in [-0.39, 0.29) is 17.9 Å². The van der Waals surface area contributed by atoms with Gasteiger partial charge in [-0.3, -0.25) is 9.59 Å². The summed E-state index contributed by atoms with van der Waals surface area (Å²) in [4.78, 5) is 26.7. The highest BCUT2D eigenvalue weighted by Crippen LogP contribution is 2.24. The highest BCUT2D eigenvalue weighted by molar-refractivity contribution is 5.92. The largest absolute Gasteiger partial charge is 0.492 e. The number of aryl methyl sites for hydroxylation is 1. The van der Waals surface area contributed by atoms with Gasteiger partial charge in [-0.2, -0.15) is 5.26 Å². The third-order valence-corrected chi connectivity index (χ3v) is 3.98. The van der Waals surface area contributed by atoms with Crippen LogP contribution in [0.1, 0.15) is 35.7 Å². The first-order valence-corrected chi connectivity index (χ1v) is 8.12. The van der Waals surface area contributed by atoms with Crippen LogP contribution in [-0.4, -0.2) is 17.5 Å². The van der Waals surface area contributed by atoms with Gasteiger partial charge in [-0.15, -0.1) is 0 Å². The molecule has 130 valence electrons. The Balaban J connectivity index is 2.12. The lowest BCUT2D eigenvalue weighted by Gasteiger charge is -2.13. The van der Waals surface area contributed by atoms with Crippen LogP contribution in [0, 0.1) is 25.2 Å². The fourth-order valence-electron chi connectivity index (χ4n) is 2.72. The zero-order valence-corrected chi connectivity index (χ0v) is 14.6. The third-order valence-electron chi connectivity index (χ3n) is 3.98. The average Bonchev–Trinajstić information content (AvgIpc) is 2.56. The van der Waals surface area contributed by atoms with E-state index in [0.717, 1.165) is 5.56 Å². The predicted molar refractivity (Wildman–Crippen MR) is 95.8 cm³/mol. The second-order valence-corrected chi connectivity index (χ2v) is 5.65. The molecule has 2 rings (SSSR count). The number of ether oxygens (including phenoxy) is 1. The summed E-state index contributed by atoms with van der Waals surface area (Å²) in [5.74, 6) is 0.470. The van der Waals surface area contributed by atoms with Gasteiger partial charge in [-0.25, -0.2) is 0 Å². The molecule has 0 radical (unpaired) electrons. The van der Waals surface area contributed by atoms with Crippen molar-refractivity contribution in [3.63, 3.8) is 0 Å². The van der Waals surface area contributed by atoms with E-state index >= 15 is 0 Å². The highest BCUT2D eigenvalue weighted by Gasteiger charge is 2.14. The molecule has 25 heavy (non-hydrogen) atoms. The van der Waals surface area contributed by atoms with Crippen molar-refractivity contribution in [3.05, 3.63) is 57.0 Å². The maximum atomic E-state index is 12.3. The van der Waals surface area contributed by atoms with Crippen molar-refractivity contribution in [1.82, 2.24) is 4.98 Å². The smallest absolute Gasteiger partial charge is 0.266 e. The lowest BCUT2D eigenvalue weighted by Crippen LogP contribution is -2.18. The minimum absolute atomic E-state index is 0.0997. The van der Waals surface area contributed by atoms with E-state index < -0.39 is 5.56 Å². The number of aromatic amines is 1. The molecule has 0 saturated heterocycles. The summed E-state index contributed by atoms with van der Waals surface area (Å²) < 4.78 is 5.49. The molecule has 0 aliphatic heterocycles. The molecule has 0 atom stereocenters. The Labute approximate surface area is 146 Å². The van der Waals surface area contributed by atoms with Crippen LogP contribution in [0.25, 0.3) is 0 Å². The molecule has 0 bridgehead atoms. The lowest BCUT2D eigenvalue weighted by atomic mass is 9.99. The molecule has 0 spiro atoms. The number of rotatable bonds is 6. The zero-order chi connectivity index (χ0) is 18.4. The number of hydrogen-bond donors (Lipinski definition) is 2. The Hall–Kier alpha value is -3.07. The molecule has 0 unspecified atom stereocenters. The molecule has 0 aliphatic rings. The Morgan fingerprint density at radius 2 is 2.04 bits per heavy atom. The first-order chi connectivity index (χ1) is 12.0. The Bertz CT molecular complexity index is 878. The van der Waals surface area contributed by atoms with Crippen LogP contribution >= 0.6 is 0 Å². The van der Waals surface area contributed by atoms with Gasteiger partial charge in [-0.05, 0) is 50.5 Å². The fourth-order valence-corrected chi connectivity index (χ4v) is 2.72. The Morgan fingerprint density at radius 3 is 2.72 bits per heavy atom. The number of amides is 1. The number of para-hydroxylation sites is 2. The number of carbonyl (C=O) groups is 1. The number of benzene rings is 1. The maximum absolute atomic E-state index is 12.3. The second-order valence-electron chi connectivity index (χ2n) is 5.65. The number of anilines is 1. The van der Waals surface area contributed by atoms with E-state index in [1.807, 2.05) is 25.1 Å². The normalized spacial score (nSPS) is 10.2. The summed E-state index contributed by atoms with van der Waals surface area (Å²) in [7, 11) is 0. The summed E-state index contributed by atoms with van der Waals surface area (Å²) in [6.45, 7) is 5.90. The summed E-state index contributed by atoms with van der Waals surface area (Å²) in [6, 6.07) is 9.18. The molecule has 1 amide bonds. The van der Waals surface area contributed by atoms with E-state index in [2.05, 4.69) is 10.3 Å². The van der Waals surface area contributed by atoms with Gasteiger partial charge in [0.1, 0.15) is 17.4 Å². The van der Waals surface area contributed by atoms with Gasteiger partial charge in [0, 0.05) is 12.1 Å². The van der Waals surface area contributed by atoms with E-state index in [4.69, 9.17) is 10.00 Å². The Kier molecular flexibility index (Phi) is 5.96. The van der Waals surface area contributed by atoms with Gasteiger partial charge in [0.25, 0.3) is 5.56 Å². The van der Waals surface area contributed by atoms with Crippen LogP contribution in [0.5, 0.6) is 5.75 Å². The van der Waals surface area contributed by atoms with Crippen LogP contribution < -0.4 is 15.6 Å². The SMILES string of the molecule is CCOc1ccccc1NC(=O)CCc1c(C)[nH]c(=O)c(C#N)c1C. The van der Waals surface area contributed by atoms with Crippen LogP contribution in [0.3, 0.4) is 0 Å². The first-order valence-electron chi connectivity index (χ1n) is 8.12. The summed E-state index contributed by atoms with van der Waals surface area (Å²) >= 11 is 0. The number of pyridine rings is 1. The number of nitrogens with zero attached hydrogens (tertiary/aromatic N) is 1. The van der Waals surface area contributed by atoms with Crippen LogP contribution in [0.4, 0.5) is 5.69 Å². The molecule has 0 aliphatic carbocycles. The number of carbonyl (C=O) groups excluding carboxylic acids is 1. The van der Waals surface area contributed by atoms with Gasteiger partial charge < -0.3 is 15.0 Å². The van der Waals surface area contributed by atoms with E-state index in [0.29, 0.717) is 35.7 Å². The van der Waals surface area contributed by atoms with Crippen molar-refractivity contribution < 1.29 is 9.53 Å². The van der Waals surface area contributed by atoms with Gasteiger partial charge in [-0.1, -0.05) is 12.1 Å². The predicted octanol–water partition coefficient (Wildman–Crippen LogP) is 2.83. The molecule has 0 fully saturated rings. The summed E-state index contributed by atoms with van der Waals surface area (Å²) in [6.07, 6.45) is 0.671. The van der Waals surface area contributed by atoms with E-state index in [1.54, 1.807) is 26.0 Å². The molecule has 0 saturated carbocycles. The van der Waals surface area contributed by atoms with Gasteiger partial charge in [0.05, 0.1) is 12.3 Å². The Morgan fingerprint density at radius 1 is 1.32 bits per heavy atom. The van der Waals surface area contributed by atoms with Crippen molar-refractivity contribution in [2.75, 3.05) is 11.9 Å². The van der Waals surface area contributed by atoms with E-state index in [1.165, 1.54) is 0 Å². The molecular formula is C19H21N3O3. The number of nitrogens with one attached hydrogen (secondary N) is 2. The second kappa shape index (κ2) is 8.15. The minimum atomic E-state index is -0.392. The van der Waals surface area contributed by atoms with Gasteiger partial charge in [0.15, 0.2) is 0 Å². The molecule has 6 nitrogen and oxygen atoms in total. The van der Waals surface area contributed by atoms with Gasteiger partial charge >= 0.3 is 0 Å². The quantitative estimate of drug-likeness (QED) is 0.846. The number of nitriles is 1. The maximum Gasteiger partial charge on any atom is 0.266 e. The van der Waals surface area contributed by atoms with Crippen LogP contribution in [0.15, 0.2) is 29.1 Å². The number of hydrogen-bond acceptors (Lipinski definition) is 4. The molecule has 1 aromatic heterocycles. The molecule has 6 heteroatoms. The highest BCUT2D eigenvalue weighted by atomic mass is 16.5. The number of H-pyrrole nitrogens is 1. The first kappa shape index (κ1) is 18.3. The summed E-state index contributed by atoms with van der Waals surface area (Å²) in [5.41, 5.74) is 2.47. The van der Waals surface area contributed by atoms with Crippen molar-refractivity contribution >= 4 is 11.6 Å². The molecular weight excluding hydrogens is 318 g/mol. The van der Waals surface area contributed by atoms with Crippen molar-refractivity contribution in [2.24, 2.45) is 0 Å². The van der Waals surface area contributed by atoms with Crippen LogP contribution in [-0.2, 0) is 11.2 Å². The zero-order valence-electron chi connectivity index (χ0n) is 14.6. The molecule has 1 aromatic carbocycles. The van der Waals surface area contributed by atoms with E-state index in [9.17, 15) is 9.59 Å². The number of aromatic nitrogens is 1. The lowest BCUT2D eigenvalue weighted by molar-refractivity contribution is -0.116. The topological polar surface area (TPSA) is 95.0 Å². The fraction of sp³-hybridized carbons (Fsp3) is 0.316. The monoisotopic (exact) mass is 339 g/mol. The molecule has 1 heterocycles. The third kappa shape index (κ3) is 4.27.